The minimum Gasteiger partial charge on any atom is -0.359 e. The summed E-state index contributed by atoms with van der Waals surface area (Å²) < 4.78 is 0. The molecule has 0 radical (unpaired) electrons. The van der Waals surface area contributed by atoms with Crippen LogP contribution in [0.1, 0.15) is 24.5 Å². The molecule has 0 aromatic carbocycles. The van der Waals surface area contributed by atoms with Crippen molar-refractivity contribution in [3.63, 3.8) is 0 Å². The molecule has 2 aromatic heterocycles. The molecule has 2 aromatic rings. The summed E-state index contributed by atoms with van der Waals surface area (Å²) in [5, 5.41) is 3.31. The molecule has 0 spiro atoms. The van der Waals surface area contributed by atoms with Gasteiger partial charge < -0.3 is 4.98 Å². The highest BCUT2D eigenvalue weighted by atomic mass is 32.1. The number of hydrogen-bond donors (Lipinski definition) is 1. The minimum absolute atomic E-state index is 0.764. The second-order valence-electron chi connectivity index (χ2n) is 3.44. The number of nitrogens with zero attached hydrogens (tertiary/aromatic N) is 1. The first-order valence-electron chi connectivity index (χ1n) is 4.52. The zero-order valence-corrected chi connectivity index (χ0v) is 7.97. The lowest BCUT2D eigenvalue weighted by atomic mass is 10.3. The maximum atomic E-state index is 4.60. The van der Waals surface area contributed by atoms with Crippen molar-refractivity contribution in [2.45, 2.75) is 18.8 Å². The quantitative estimate of drug-likeness (QED) is 0.774. The van der Waals surface area contributed by atoms with E-state index in [2.05, 4.69) is 21.4 Å². The summed E-state index contributed by atoms with van der Waals surface area (Å²) in [6, 6.07) is 4.07. The molecule has 3 rings (SSSR count). The second kappa shape index (κ2) is 2.70. The Hall–Kier alpha value is -1.09. The number of rotatable bonds is 2. The molecule has 1 N–H and O–H groups in total. The van der Waals surface area contributed by atoms with Gasteiger partial charge in [0.25, 0.3) is 0 Å². The largest absolute Gasteiger partial charge is 0.359 e. The summed E-state index contributed by atoms with van der Waals surface area (Å²) >= 11 is 1.73. The van der Waals surface area contributed by atoms with Gasteiger partial charge in [-0.2, -0.15) is 0 Å². The smallest absolute Gasteiger partial charge is 0.139 e. The predicted molar refractivity (Wildman–Crippen MR) is 53.9 cm³/mol. The molecule has 0 unspecified atom stereocenters. The molecule has 0 amide bonds. The highest BCUT2D eigenvalue weighted by Crippen LogP contribution is 2.41. The van der Waals surface area contributed by atoms with Crippen LogP contribution in [0.3, 0.4) is 0 Å². The number of H-pyrrole nitrogens is 1. The van der Waals surface area contributed by atoms with E-state index in [1.165, 1.54) is 18.5 Å². The molecule has 1 fully saturated rings. The van der Waals surface area contributed by atoms with Crippen LogP contribution in [0, 0.1) is 0 Å². The van der Waals surface area contributed by atoms with E-state index in [4.69, 9.17) is 0 Å². The van der Waals surface area contributed by atoms with Crippen LogP contribution in [0.5, 0.6) is 0 Å². The Balaban J connectivity index is 1.97. The summed E-state index contributed by atoms with van der Waals surface area (Å²) in [7, 11) is 0. The Morgan fingerprint density at radius 1 is 1.46 bits per heavy atom. The normalized spacial score (nSPS) is 16.3. The third-order valence-electron chi connectivity index (χ3n) is 2.35. The zero-order valence-electron chi connectivity index (χ0n) is 7.16. The first-order valence-corrected chi connectivity index (χ1v) is 5.40. The minimum atomic E-state index is 0.764. The molecule has 2 nitrogen and oxygen atoms in total. The number of aromatic amines is 1. The van der Waals surface area contributed by atoms with E-state index >= 15 is 0 Å². The van der Waals surface area contributed by atoms with Crippen LogP contribution in [0.15, 0.2) is 23.7 Å². The lowest BCUT2D eigenvalue weighted by molar-refractivity contribution is 1.05. The van der Waals surface area contributed by atoms with Crippen molar-refractivity contribution in [1.82, 2.24) is 9.97 Å². The van der Waals surface area contributed by atoms with E-state index in [1.807, 2.05) is 12.3 Å². The Labute approximate surface area is 80.6 Å². The van der Waals surface area contributed by atoms with Crippen LogP contribution in [-0.4, -0.2) is 9.97 Å². The van der Waals surface area contributed by atoms with Gasteiger partial charge in [-0.3, -0.25) is 0 Å². The summed E-state index contributed by atoms with van der Waals surface area (Å²) in [4.78, 5) is 7.78. The zero-order chi connectivity index (χ0) is 8.67. The van der Waals surface area contributed by atoms with Crippen molar-refractivity contribution in [1.29, 1.82) is 0 Å². The molecule has 0 bridgehead atoms. The third-order valence-corrected chi connectivity index (χ3v) is 3.24. The van der Waals surface area contributed by atoms with Gasteiger partial charge in [0.2, 0.25) is 0 Å². The van der Waals surface area contributed by atoms with Gasteiger partial charge in [0.15, 0.2) is 0 Å². The van der Waals surface area contributed by atoms with Gasteiger partial charge in [0.05, 0.1) is 11.4 Å². The van der Waals surface area contributed by atoms with Gasteiger partial charge >= 0.3 is 0 Å². The molecular weight excluding hydrogens is 180 g/mol. The van der Waals surface area contributed by atoms with Crippen LogP contribution in [0.4, 0.5) is 0 Å². The molecule has 0 aliphatic heterocycles. The number of aromatic nitrogens is 2. The molecule has 1 aliphatic carbocycles. The van der Waals surface area contributed by atoms with Crippen molar-refractivity contribution in [3.8, 4) is 10.7 Å². The van der Waals surface area contributed by atoms with Gasteiger partial charge in [-0.25, -0.2) is 4.98 Å². The van der Waals surface area contributed by atoms with Crippen molar-refractivity contribution in [3.05, 3.63) is 29.4 Å². The van der Waals surface area contributed by atoms with E-state index in [-0.39, 0.29) is 0 Å². The molecule has 66 valence electrons. The van der Waals surface area contributed by atoms with Crippen molar-refractivity contribution < 1.29 is 0 Å². The average molecular weight is 190 g/mol. The predicted octanol–water partition coefficient (Wildman–Crippen LogP) is 3.02. The fourth-order valence-corrected chi connectivity index (χ4v) is 2.33. The monoisotopic (exact) mass is 190 g/mol. The maximum Gasteiger partial charge on any atom is 0.139 e. The molecule has 1 aliphatic rings. The van der Waals surface area contributed by atoms with E-state index in [1.54, 1.807) is 11.3 Å². The first-order chi connectivity index (χ1) is 6.43. The van der Waals surface area contributed by atoms with Crippen LogP contribution in [0.25, 0.3) is 10.7 Å². The molecule has 1 saturated carbocycles. The van der Waals surface area contributed by atoms with Crippen molar-refractivity contribution in [2.75, 3.05) is 0 Å². The lowest BCUT2D eigenvalue weighted by Crippen LogP contribution is -1.79. The number of thiazole rings is 1. The van der Waals surface area contributed by atoms with Crippen LogP contribution in [0.2, 0.25) is 0 Å². The van der Waals surface area contributed by atoms with Gasteiger partial charge in [-0.15, -0.1) is 11.3 Å². The van der Waals surface area contributed by atoms with E-state index in [0.717, 1.165) is 16.6 Å². The molecule has 13 heavy (non-hydrogen) atoms. The van der Waals surface area contributed by atoms with E-state index in [0.29, 0.717) is 0 Å². The Kier molecular flexibility index (Phi) is 1.52. The Morgan fingerprint density at radius 2 is 2.38 bits per heavy atom. The van der Waals surface area contributed by atoms with E-state index < -0.39 is 0 Å². The summed E-state index contributed by atoms with van der Waals surface area (Å²) in [5.74, 6) is 0.764. The molecule has 0 saturated heterocycles. The van der Waals surface area contributed by atoms with Crippen molar-refractivity contribution >= 4 is 11.3 Å². The van der Waals surface area contributed by atoms with Crippen LogP contribution >= 0.6 is 11.3 Å². The maximum absolute atomic E-state index is 4.60. The Morgan fingerprint density at radius 3 is 3.08 bits per heavy atom. The summed E-state index contributed by atoms with van der Waals surface area (Å²) in [6.07, 6.45) is 4.59. The fraction of sp³-hybridized carbons (Fsp3) is 0.300. The van der Waals surface area contributed by atoms with Gasteiger partial charge in [-0.05, 0) is 25.0 Å². The standard InChI is InChI=1S/C10H10N2S/c1-2-8(11-5-1)10-12-9(6-13-10)7-3-4-7/h1-2,5-7,11H,3-4H2. The molecule has 2 heterocycles. The number of nitrogens with one attached hydrogen (secondary N) is 1. The third kappa shape index (κ3) is 1.29. The molecular formula is C10H10N2S. The first kappa shape index (κ1) is 7.33. The molecule has 0 atom stereocenters. The second-order valence-corrected chi connectivity index (χ2v) is 4.29. The van der Waals surface area contributed by atoms with Crippen molar-refractivity contribution in [2.24, 2.45) is 0 Å². The average Bonchev–Trinajstić information content (AvgIpc) is 2.72. The summed E-state index contributed by atoms with van der Waals surface area (Å²) in [5.41, 5.74) is 2.42. The fourth-order valence-electron chi connectivity index (χ4n) is 1.44. The van der Waals surface area contributed by atoms with Crippen LogP contribution in [-0.2, 0) is 0 Å². The molecule has 3 heteroatoms. The highest BCUT2D eigenvalue weighted by Gasteiger charge is 2.26. The van der Waals surface area contributed by atoms with Gasteiger partial charge in [0, 0.05) is 17.5 Å². The lowest BCUT2D eigenvalue weighted by Gasteiger charge is -1.88. The Bertz CT molecular complexity index is 398. The van der Waals surface area contributed by atoms with Gasteiger partial charge in [-0.1, -0.05) is 0 Å². The number of hydrogen-bond acceptors (Lipinski definition) is 2. The van der Waals surface area contributed by atoms with E-state index in [9.17, 15) is 0 Å². The van der Waals surface area contributed by atoms with Crippen LogP contribution < -0.4 is 0 Å². The summed E-state index contributed by atoms with van der Waals surface area (Å²) in [6.45, 7) is 0. The van der Waals surface area contributed by atoms with Gasteiger partial charge in [0.1, 0.15) is 5.01 Å². The topological polar surface area (TPSA) is 28.7 Å². The SMILES string of the molecule is c1c[nH]c(-c2nc(C3CC3)cs2)c1. The highest BCUT2D eigenvalue weighted by molar-refractivity contribution is 7.13.